The van der Waals surface area contributed by atoms with Gasteiger partial charge in [-0.1, -0.05) is 48.5 Å². The van der Waals surface area contributed by atoms with Crippen LogP contribution >= 0.6 is 11.3 Å². The fourth-order valence-corrected chi connectivity index (χ4v) is 4.98. The van der Waals surface area contributed by atoms with E-state index in [-0.39, 0.29) is 5.91 Å². The molecule has 0 spiro atoms. The normalized spacial score (nSPS) is 10.7. The number of para-hydroxylation sites is 1. The van der Waals surface area contributed by atoms with Crippen molar-refractivity contribution in [3.8, 4) is 28.1 Å². The molecule has 0 saturated heterocycles. The number of fused-ring (bicyclic) bond motifs is 1. The average molecular weight is 495 g/mol. The molecule has 1 N–H and O–H groups in total. The Balaban J connectivity index is 1.57. The number of pyridine rings is 1. The average Bonchev–Trinajstić information content (AvgIpc) is 3.35. The molecule has 0 saturated carbocycles. The molecular weight excluding hydrogens is 472 g/mol. The van der Waals surface area contributed by atoms with Crippen molar-refractivity contribution in [1.29, 1.82) is 0 Å². The molecule has 2 aromatic heterocycles. The second kappa shape index (κ2) is 10.0. The van der Waals surface area contributed by atoms with E-state index in [0.29, 0.717) is 38.3 Å². The molecule has 0 radical (unpaired) electrons. The van der Waals surface area contributed by atoms with Gasteiger partial charge >= 0.3 is 5.97 Å². The SMILES string of the molecule is COC(=O)c1c(-c2ccccc2)csc1NC(=O)c1cc(-c2ccc(OC)cc2)nc2ccccc12. The number of ether oxygens (including phenoxy) is 2. The molecule has 6 nitrogen and oxygen atoms in total. The first kappa shape index (κ1) is 23.3. The first-order valence-electron chi connectivity index (χ1n) is 11.2. The third kappa shape index (κ3) is 4.44. The molecule has 5 rings (SSSR count). The van der Waals surface area contributed by atoms with Crippen molar-refractivity contribution in [2.75, 3.05) is 19.5 Å². The number of esters is 1. The number of rotatable bonds is 6. The van der Waals surface area contributed by atoms with Crippen LogP contribution in [0.25, 0.3) is 33.3 Å². The van der Waals surface area contributed by atoms with Crippen LogP contribution < -0.4 is 10.1 Å². The summed E-state index contributed by atoms with van der Waals surface area (Å²) in [5, 5.41) is 5.95. The number of hydrogen-bond acceptors (Lipinski definition) is 6. The van der Waals surface area contributed by atoms with Gasteiger partial charge in [-0.25, -0.2) is 9.78 Å². The van der Waals surface area contributed by atoms with E-state index < -0.39 is 5.97 Å². The van der Waals surface area contributed by atoms with E-state index in [0.717, 1.165) is 16.9 Å². The van der Waals surface area contributed by atoms with E-state index in [4.69, 9.17) is 14.5 Å². The molecule has 3 aromatic carbocycles. The lowest BCUT2D eigenvalue weighted by Gasteiger charge is -2.12. The number of anilines is 1. The number of aromatic nitrogens is 1. The minimum atomic E-state index is -0.510. The van der Waals surface area contributed by atoms with Crippen molar-refractivity contribution >= 4 is 39.1 Å². The maximum Gasteiger partial charge on any atom is 0.341 e. The molecule has 2 heterocycles. The number of benzene rings is 3. The third-order valence-electron chi connectivity index (χ3n) is 5.84. The molecule has 1 amide bonds. The third-order valence-corrected chi connectivity index (χ3v) is 6.73. The summed E-state index contributed by atoms with van der Waals surface area (Å²) in [6.45, 7) is 0. The first-order chi connectivity index (χ1) is 17.6. The Bertz CT molecular complexity index is 1560. The summed E-state index contributed by atoms with van der Waals surface area (Å²) in [6, 6.07) is 26.3. The van der Waals surface area contributed by atoms with Crippen LogP contribution in [0.15, 0.2) is 90.3 Å². The zero-order chi connectivity index (χ0) is 25.1. The van der Waals surface area contributed by atoms with Crippen LogP contribution in [0.1, 0.15) is 20.7 Å². The van der Waals surface area contributed by atoms with Crippen molar-refractivity contribution in [1.82, 2.24) is 4.98 Å². The predicted octanol–water partition coefficient (Wildman–Crippen LogP) is 6.68. The summed E-state index contributed by atoms with van der Waals surface area (Å²) in [4.78, 5) is 31.1. The first-order valence-corrected chi connectivity index (χ1v) is 12.1. The van der Waals surface area contributed by atoms with Gasteiger partial charge in [-0.3, -0.25) is 4.79 Å². The van der Waals surface area contributed by atoms with Crippen molar-refractivity contribution in [3.63, 3.8) is 0 Å². The van der Waals surface area contributed by atoms with Gasteiger partial charge in [0.2, 0.25) is 0 Å². The van der Waals surface area contributed by atoms with Gasteiger partial charge in [0.15, 0.2) is 0 Å². The highest BCUT2D eigenvalue weighted by Crippen LogP contribution is 2.37. The molecule has 0 aliphatic carbocycles. The van der Waals surface area contributed by atoms with Crippen molar-refractivity contribution in [2.24, 2.45) is 0 Å². The molecule has 0 unspecified atom stereocenters. The molecule has 178 valence electrons. The molecule has 0 bridgehead atoms. The van der Waals surface area contributed by atoms with Gasteiger partial charge in [0.25, 0.3) is 5.91 Å². The van der Waals surface area contributed by atoms with E-state index in [1.165, 1.54) is 18.4 Å². The van der Waals surface area contributed by atoms with Crippen LogP contribution in [-0.2, 0) is 4.74 Å². The minimum absolute atomic E-state index is 0.329. The van der Waals surface area contributed by atoms with Gasteiger partial charge in [-0.2, -0.15) is 0 Å². The van der Waals surface area contributed by atoms with Gasteiger partial charge in [0.1, 0.15) is 16.3 Å². The number of nitrogens with one attached hydrogen (secondary N) is 1. The van der Waals surface area contributed by atoms with Gasteiger partial charge in [0.05, 0.1) is 31.0 Å². The maximum absolute atomic E-state index is 13.6. The zero-order valence-corrected chi connectivity index (χ0v) is 20.5. The summed E-state index contributed by atoms with van der Waals surface area (Å²) >= 11 is 1.29. The fraction of sp³-hybridized carbons (Fsp3) is 0.0690. The standard InChI is InChI=1S/C29H22N2O4S/c1-34-20-14-12-19(13-15-20)25-16-22(21-10-6-7-11-24(21)30-25)27(32)31-28-26(29(33)35-2)23(17-36-28)18-8-4-3-5-9-18/h3-17H,1-2H3,(H,31,32). The smallest absolute Gasteiger partial charge is 0.341 e. The number of hydrogen-bond donors (Lipinski definition) is 1. The lowest BCUT2D eigenvalue weighted by molar-refractivity contribution is 0.0603. The molecule has 36 heavy (non-hydrogen) atoms. The number of amides is 1. The van der Waals surface area contributed by atoms with Gasteiger partial charge < -0.3 is 14.8 Å². The van der Waals surface area contributed by atoms with Gasteiger partial charge in [-0.15, -0.1) is 11.3 Å². The zero-order valence-electron chi connectivity index (χ0n) is 19.6. The monoisotopic (exact) mass is 494 g/mol. The summed E-state index contributed by atoms with van der Waals surface area (Å²) < 4.78 is 10.3. The predicted molar refractivity (Wildman–Crippen MR) is 143 cm³/mol. The number of nitrogens with zero attached hydrogens (tertiary/aromatic N) is 1. The number of carbonyl (C=O) groups excluding carboxylic acids is 2. The topological polar surface area (TPSA) is 77.5 Å². The van der Waals surface area contributed by atoms with E-state index in [1.807, 2.05) is 84.2 Å². The van der Waals surface area contributed by atoms with Crippen LogP contribution in [-0.4, -0.2) is 31.1 Å². The van der Waals surface area contributed by atoms with E-state index in [1.54, 1.807) is 13.2 Å². The van der Waals surface area contributed by atoms with E-state index in [9.17, 15) is 9.59 Å². The Kier molecular flexibility index (Phi) is 6.47. The van der Waals surface area contributed by atoms with Gasteiger partial charge in [0, 0.05) is 21.9 Å². The Labute approximate surface area is 212 Å². The fourth-order valence-electron chi connectivity index (χ4n) is 4.03. The van der Waals surface area contributed by atoms with E-state index in [2.05, 4.69) is 5.32 Å². The Morgan fingerprint density at radius 1 is 0.861 bits per heavy atom. The minimum Gasteiger partial charge on any atom is -0.497 e. The molecule has 0 atom stereocenters. The van der Waals surface area contributed by atoms with Crippen LogP contribution in [0.3, 0.4) is 0 Å². The van der Waals surface area contributed by atoms with Crippen molar-refractivity contribution in [3.05, 3.63) is 101 Å². The quantitative estimate of drug-likeness (QED) is 0.267. The van der Waals surface area contributed by atoms with Crippen LogP contribution in [0.5, 0.6) is 5.75 Å². The number of carbonyl (C=O) groups is 2. The van der Waals surface area contributed by atoms with Crippen LogP contribution in [0, 0.1) is 0 Å². The van der Waals surface area contributed by atoms with E-state index >= 15 is 0 Å². The Hall–Kier alpha value is -4.49. The molecule has 0 aliphatic heterocycles. The summed E-state index contributed by atoms with van der Waals surface area (Å²) in [5.74, 6) is -0.112. The summed E-state index contributed by atoms with van der Waals surface area (Å²) in [7, 11) is 2.94. The maximum atomic E-state index is 13.6. The Morgan fingerprint density at radius 2 is 1.58 bits per heavy atom. The van der Waals surface area contributed by atoms with Crippen LogP contribution in [0.2, 0.25) is 0 Å². The molecule has 0 fully saturated rings. The highest BCUT2D eigenvalue weighted by atomic mass is 32.1. The highest BCUT2D eigenvalue weighted by molar-refractivity contribution is 7.15. The molecule has 0 aliphatic rings. The Morgan fingerprint density at radius 3 is 2.31 bits per heavy atom. The van der Waals surface area contributed by atoms with Crippen LogP contribution in [0.4, 0.5) is 5.00 Å². The largest absolute Gasteiger partial charge is 0.497 e. The molecular formula is C29H22N2O4S. The lowest BCUT2D eigenvalue weighted by Crippen LogP contribution is -2.15. The molecule has 5 aromatic rings. The summed E-state index contributed by atoms with van der Waals surface area (Å²) in [6.07, 6.45) is 0. The summed E-state index contributed by atoms with van der Waals surface area (Å²) in [5.41, 5.74) is 4.57. The lowest BCUT2D eigenvalue weighted by atomic mass is 10.0. The number of thiophene rings is 1. The van der Waals surface area contributed by atoms with Crippen molar-refractivity contribution in [2.45, 2.75) is 0 Å². The second-order valence-corrected chi connectivity index (χ2v) is 8.85. The highest BCUT2D eigenvalue weighted by Gasteiger charge is 2.23. The van der Waals surface area contributed by atoms with Crippen molar-refractivity contribution < 1.29 is 19.1 Å². The second-order valence-electron chi connectivity index (χ2n) is 7.97. The number of methoxy groups -OCH3 is 2. The van der Waals surface area contributed by atoms with Gasteiger partial charge in [-0.05, 0) is 42.0 Å². The molecule has 7 heteroatoms.